The first-order valence-corrected chi connectivity index (χ1v) is 6.45. The van der Waals surface area contributed by atoms with Gasteiger partial charge in [-0.2, -0.15) is 0 Å². The SMILES string of the molecule is Cl.Nc1ccccc1N1CCc2cc(Br)ccc21. The molecule has 0 aliphatic carbocycles. The van der Waals surface area contributed by atoms with Gasteiger partial charge in [-0.1, -0.05) is 28.1 Å². The number of hydrogen-bond donors (Lipinski definition) is 1. The highest BCUT2D eigenvalue weighted by molar-refractivity contribution is 9.10. The molecule has 1 aliphatic rings. The Balaban J connectivity index is 0.00000120. The number of fused-ring (bicyclic) bond motifs is 1. The van der Waals surface area contributed by atoms with Crippen LogP contribution in [0.3, 0.4) is 0 Å². The second kappa shape index (κ2) is 5.21. The van der Waals surface area contributed by atoms with E-state index in [0.717, 1.165) is 28.8 Å². The minimum absolute atomic E-state index is 0. The molecule has 0 bridgehead atoms. The number of para-hydroxylation sites is 2. The lowest BCUT2D eigenvalue weighted by Gasteiger charge is -2.21. The molecular weight excluding hydrogens is 312 g/mol. The summed E-state index contributed by atoms with van der Waals surface area (Å²) in [6.07, 6.45) is 1.07. The quantitative estimate of drug-likeness (QED) is 0.798. The molecule has 1 heterocycles. The van der Waals surface area contributed by atoms with E-state index in [9.17, 15) is 0 Å². The number of nitrogens with two attached hydrogens (primary N) is 1. The highest BCUT2D eigenvalue weighted by Gasteiger charge is 2.21. The van der Waals surface area contributed by atoms with Gasteiger partial charge in [-0.15, -0.1) is 12.4 Å². The molecule has 3 rings (SSSR count). The highest BCUT2D eigenvalue weighted by atomic mass is 79.9. The summed E-state index contributed by atoms with van der Waals surface area (Å²) in [7, 11) is 0. The van der Waals surface area contributed by atoms with Gasteiger partial charge >= 0.3 is 0 Å². The van der Waals surface area contributed by atoms with E-state index >= 15 is 0 Å². The van der Waals surface area contributed by atoms with Crippen LogP contribution in [0.2, 0.25) is 0 Å². The van der Waals surface area contributed by atoms with E-state index in [0.29, 0.717) is 0 Å². The van der Waals surface area contributed by atoms with Gasteiger partial charge < -0.3 is 10.6 Å². The molecular formula is C14H14BrClN2. The monoisotopic (exact) mass is 324 g/mol. The zero-order valence-electron chi connectivity index (χ0n) is 9.77. The summed E-state index contributed by atoms with van der Waals surface area (Å²) in [6.45, 7) is 1.00. The summed E-state index contributed by atoms with van der Waals surface area (Å²) in [4.78, 5) is 2.29. The molecule has 2 N–H and O–H groups in total. The third-order valence-electron chi connectivity index (χ3n) is 3.16. The molecule has 0 spiro atoms. The molecule has 0 unspecified atom stereocenters. The lowest BCUT2D eigenvalue weighted by Crippen LogP contribution is -2.14. The molecule has 2 aromatic carbocycles. The van der Waals surface area contributed by atoms with Crippen LogP contribution in [0.15, 0.2) is 46.9 Å². The van der Waals surface area contributed by atoms with Gasteiger partial charge in [0.2, 0.25) is 0 Å². The Hall–Kier alpha value is -1.19. The third kappa shape index (κ3) is 2.20. The number of halogens is 2. The molecule has 0 atom stereocenters. The van der Waals surface area contributed by atoms with E-state index in [1.165, 1.54) is 11.3 Å². The van der Waals surface area contributed by atoms with Gasteiger partial charge in [0.1, 0.15) is 0 Å². The minimum atomic E-state index is 0. The van der Waals surface area contributed by atoms with Crippen molar-refractivity contribution in [1.82, 2.24) is 0 Å². The van der Waals surface area contributed by atoms with Crippen LogP contribution in [0.5, 0.6) is 0 Å². The van der Waals surface area contributed by atoms with E-state index in [4.69, 9.17) is 5.73 Å². The predicted octanol–water partition coefficient (Wildman–Crippen LogP) is 4.15. The van der Waals surface area contributed by atoms with Crippen molar-refractivity contribution in [2.45, 2.75) is 6.42 Å². The van der Waals surface area contributed by atoms with Gasteiger partial charge in [-0.25, -0.2) is 0 Å². The van der Waals surface area contributed by atoms with Crippen LogP contribution in [-0.2, 0) is 6.42 Å². The van der Waals surface area contributed by atoms with Crippen molar-refractivity contribution in [3.05, 3.63) is 52.5 Å². The molecule has 0 fully saturated rings. The fourth-order valence-electron chi connectivity index (χ4n) is 2.35. The first-order chi connectivity index (χ1) is 8.25. The lowest BCUT2D eigenvalue weighted by molar-refractivity contribution is 0.999. The summed E-state index contributed by atoms with van der Waals surface area (Å²) < 4.78 is 1.14. The van der Waals surface area contributed by atoms with Crippen LogP contribution in [-0.4, -0.2) is 6.54 Å². The number of anilines is 3. The maximum Gasteiger partial charge on any atom is 0.0644 e. The molecule has 0 amide bonds. The van der Waals surface area contributed by atoms with Crippen molar-refractivity contribution in [3.8, 4) is 0 Å². The standard InChI is InChI=1S/C14H13BrN2.ClH/c15-11-5-6-13-10(9-11)7-8-17(13)14-4-2-1-3-12(14)16;/h1-6,9H,7-8,16H2;1H. The number of nitrogen functional groups attached to an aromatic ring is 1. The Morgan fingerprint density at radius 3 is 2.61 bits per heavy atom. The molecule has 94 valence electrons. The summed E-state index contributed by atoms with van der Waals surface area (Å²) in [5, 5.41) is 0. The molecule has 18 heavy (non-hydrogen) atoms. The van der Waals surface area contributed by atoms with Crippen molar-refractivity contribution in [2.75, 3.05) is 17.2 Å². The molecule has 0 aromatic heterocycles. The number of benzene rings is 2. The van der Waals surface area contributed by atoms with Crippen molar-refractivity contribution >= 4 is 45.4 Å². The number of rotatable bonds is 1. The van der Waals surface area contributed by atoms with Gasteiger partial charge in [-0.05, 0) is 42.3 Å². The Kier molecular flexibility index (Phi) is 3.83. The summed E-state index contributed by atoms with van der Waals surface area (Å²) in [5.41, 5.74) is 10.6. The van der Waals surface area contributed by atoms with E-state index in [2.05, 4.69) is 45.1 Å². The summed E-state index contributed by atoms with van der Waals surface area (Å²) in [6, 6.07) is 14.4. The first-order valence-electron chi connectivity index (χ1n) is 5.66. The van der Waals surface area contributed by atoms with Gasteiger partial charge in [0.25, 0.3) is 0 Å². The maximum absolute atomic E-state index is 6.04. The van der Waals surface area contributed by atoms with Crippen molar-refractivity contribution in [1.29, 1.82) is 0 Å². The van der Waals surface area contributed by atoms with Crippen molar-refractivity contribution < 1.29 is 0 Å². The largest absolute Gasteiger partial charge is 0.397 e. The molecule has 4 heteroatoms. The van der Waals surface area contributed by atoms with Crippen molar-refractivity contribution in [2.24, 2.45) is 0 Å². The molecule has 2 nitrogen and oxygen atoms in total. The summed E-state index contributed by atoms with van der Waals surface area (Å²) >= 11 is 3.51. The third-order valence-corrected chi connectivity index (χ3v) is 3.66. The van der Waals surface area contributed by atoms with Gasteiger partial charge in [0.05, 0.1) is 11.4 Å². The molecule has 1 aliphatic heterocycles. The minimum Gasteiger partial charge on any atom is -0.397 e. The zero-order valence-corrected chi connectivity index (χ0v) is 12.2. The van der Waals surface area contributed by atoms with Crippen LogP contribution in [0, 0.1) is 0 Å². The van der Waals surface area contributed by atoms with E-state index < -0.39 is 0 Å². The van der Waals surface area contributed by atoms with E-state index in [-0.39, 0.29) is 12.4 Å². The number of nitrogens with zero attached hydrogens (tertiary/aromatic N) is 1. The number of hydrogen-bond acceptors (Lipinski definition) is 2. The van der Waals surface area contributed by atoms with E-state index in [1.54, 1.807) is 0 Å². The Morgan fingerprint density at radius 2 is 1.83 bits per heavy atom. The first kappa shape index (κ1) is 13.2. The molecule has 0 radical (unpaired) electrons. The van der Waals surface area contributed by atoms with Crippen LogP contribution < -0.4 is 10.6 Å². The Labute approximate surface area is 121 Å². The summed E-state index contributed by atoms with van der Waals surface area (Å²) in [5.74, 6) is 0. The van der Waals surface area contributed by atoms with Gasteiger partial charge in [-0.3, -0.25) is 0 Å². The average Bonchev–Trinajstić information content (AvgIpc) is 2.72. The molecule has 0 saturated heterocycles. The second-order valence-corrected chi connectivity index (χ2v) is 5.15. The molecule has 2 aromatic rings. The Morgan fingerprint density at radius 1 is 1.06 bits per heavy atom. The predicted molar refractivity (Wildman–Crippen MR) is 83.0 cm³/mol. The van der Waals surface area contributed by atoms with Crippen LogP contribution in [0.1, 0.15) is 5.56 Å². The fraction of sp³-hybridized carbons (Fsp3) is 0.143. The van der Waals surface area contributed by atoms with Crippen molar-refractivity contribution in [3.63, 3.8) is 0 Å². The van der Waals surface area contributed by atoms with Gasteiger partial charge in [0.15, 0.2) is 0 Å². The van der Waals surface area contributed by atoms with Crippen LogP contribution in [0.4, 0.5) is 17.1 Å². The second-order valence-electron chi connectivity index (χ2n) is 4.23. The fourth-order valence-corrected chi connectivity index (χ4v) is 2.76. The molecule has 0 saturated carbocycles. The lowest BCUT2D eigenvalue weighted by atomic mass is 10.2. The smallest absolute Gasteiger partial charge is 0.0644 e. The zero-order chi connectivity index (χ0) is 11.8. The topological polar surface area (TPSA) is 29.3 Å². The van der Waals surface area contributed by atoms with Crippen LogP contribution >= 0.6 is 28.3 Å². The normalized spacial score (nSPS) is 13.1. The van der Waals surface area contributed by atoms with Gasteiger partial charge in [0, 0.05) is 16.7 Å². The highest BCUT2D eigenvalue weighted by Crippen LogP contribution is 2.38. The maximum atomic E-state index is 6.04. The van der Waals surface area contributed by atoms with Crippen LogP contribution in [0.25, 0.3) is 0 Å². The average molecular weight is 326 g/mol. The van der Waals surface area contributed by atoms with E-state index in [1.807, 2.05) is 18.2 Å². The Bertz CT molecular complexity index is 571.